The predicted octanol–water partition coefficient (Wildman–Crippen LogP) is 0.692. The second kappa shape index (κ2) is 5.83. The molecule has 0 amide bonds. The first-order valence-electron chi connectivity index (χ1n) is 5.87. The molecule has 0 aromatic rings. The van der Waals surface area contributed by atoms with E-state index in [1.54, 1.807) is 0 Å². The van der Waals surface area contributed by atoms with Crippen molar-refractivity contribution in [3.8, 4) is 0 Å². The highest BCUT2D eigenvalue weighted by atomic mass is 32.2. The van der Waals surface area contributed by atoms with Crippen molar-refractivity contribution in [1.82, 2.24) is 12.2 Å². The van der Waals surface area contributed by atoms with E-state index in [0.717, 1.165) is 6.04 Å². The molecule has 0 unspecified atom stereocenters. The van der Waals surface area contributed by atoms with E-state index >= 15 is 0 Å². The summed E-state index contributed by atoms with van der Waals surface area (Å²) in [5.74, 6) is 0. The third-order valence-electron chi connectivity index (χ3n) is 2.73. The molecule has 1 aliphatic rings. The molecule has 0 aliphatic carbocycles. The normalized spacial score (nSPS) is 25.4. The first-order chi connectivity index (χ1) is 6.91. The molecule has 1 heterocycles. The van der Waals surface area contributed by atoms with Crippen LogP contribution in [0.3, 0.4) is 0 Å². The number of nitrogens with zero attached hydrogens (tertiary/aromatic N) is 3. The molecule has 0 N–H and O–H groups in total. The maximum absolute atomic E-state index is 2.79. The van der Waals surface area contributed by atoms with E-state index in [1.807, 2.05) is 12.1 Å². The van der Waals surface area contributed by atoms with E-state index < -0.39 is 0 Å². The van der Waals surface area contributed by atoms with Crippen molar-refractivity contribution in [2.24, 2.45) is 0 Å². The summed E-state index contributed by atoms with van der Waals surface area (Å²) in [7, 11) is -0.345. The fourth-order valence-corrected chi connectivity index (χ4v) is 9.30. The fraction of sp³-hybridized carbons (Fsp3) is 1.00. The summed E-state index contributed by atoms with van der Waals surface area (Å²) in [5.41, 5.74) is 0. The molecule has 0 saturated carbocycles. The quantitative estimate of drug-likeness (QED) is 0.547. The third-order valence-corrected chi connectivity index (χ3v) is 10.8. The molecule has 0 aromatic heterocycles. The monoisotopic (exact) mass is 263 g/mol. The van der Waals surface area contributed by atoms with Gasteiger partial charge in [0.15, 0.2) is 19.7 Å². The number of hydrogen-bond acceptors (Lipinski definition) is 4. The highest BCUT2D eigenvalue weighted by Gasteiger charge is 2.29. The van der Waals surface area contributed by atoms with Gasteiger partial charge in [-0.1, -0.05) is 13.8 Å². The van der Waals surface area contributed by atoms with Crippen LogP contribution >= 0.6 is 12.1 Å². The predicted molar refractivity (Wildman–Crippen MR) is 75.6 cm³/mol. The minimum atomic E-state index is -0.173. The Bertz CT molecular complexity index is 163. The van der Waals surface area contributed by atoms with Gasteiger partial charge in [-0.2, -0.15) is 0 Å². The molecule has 15 heavy (non-hydrogen) atoms. The Kier molecular flexibility index (Phi) is 5.34. The maximum atomic E-state index is 2.79. The molecule has 3 nitrogen and oxygen atoms in total. The first kappa shape index (κ1) is 13.7. The van der Waals surface area contributed by atoms with E-state index in [4.69, 9.17) is 0 Å². The topological polar surface area (TPSA) is 9.72 Å². The summed E-state index contributed by atoms with van der Waals surface area (Å²) in [4.78, 5) is 0. The summed E-state index contributed by atoms with van der Waals surface area (Å²) < 4.78 is 8.03. The second-order valence-corrected chi connectivity index (χ2v) is 11.5. The zero-order valence-electron chi connectivity index (χ0n) is 10.9. The smallest absolute Gasteiger partial charge is 0.180 e. The van der Waals surface area contributed by atoms with Crippen LogP contribution in [0.15, 0.2) is 0 Å². The highest BCUT2D eigenvalue weighted by molar-refractivity contribution is 7.96. The van der Waals surface area contributed by atoms with Crippen LogP contribution in [0.4, 0.5) is 0 Å². The molecule has 0 bridgehead atoms. The van der Waals surface area contributed by atoms with Crippen LogP contribution in [-0.2, 0) is 0 Å². The van der Waals surface area contributed by atoms with Crippen molar-refractivity contribution in [3.63, 3.8) is 0 Å². The molecule has 0 atom stereocenters. The van der Waals surface area contributed by atoms with Gasteiger partial charge in [0, 0.05) is 12.1 Å². The van der Waals surface area contributed by atoms with Crippen molar-refractivity contribution < 1.29 is 0 Å². The second-order valence-electron chi connectivity index (χ2n) is 5.07. The van der Waals surface area contributed by atoms with Gasteiger partial charge >= 0.3 is 0 Å². The zero-order chi connectivity index (χ0) is 11.6. The Labute approximate surface area is 104 Å². The lowest BCUT2D eigenvalue weighted by Gasteiger charge is -2.45. The Morgan fingerprint density at radius 1 is 0.733 bits per heavy atom. The highest BCUT2D eigenvalue weighted by Crippen LogP contribution is 2.25. The lowest BCUT2D eigenvalue weighted by atomic mass is 10.4. The average molecular weight is 264 g/mol. The summed E-state index contributed by atoms with van der Waals surface area (Å²) in [5, 5.41) is 0. The van der Waals surface area contributed by atoms with E-state index in [2.05, 4.69) is 53.7 Å². The molecular formula is C9H25N3SSi2. The Morgan fingerprint density at radius 2 is 1.13 bits per heavy atom. The minimum absolute atomic E-state index is 0.173. The molecule has 90 valence electrons. The van der Waals surface area contributed by atoms with Gasteiger partial charge in [-0.3, -0.25) is 0 Å². The van der Waals surface area contributed by atoms with E-state index in [-0.39, 0.29) is 19.7 Å². The van der Waals surface area contributed by atoms with Crippen LogP contribution in [0.2, 0.25) is 0 Å². The molecule has 1 rings (SSSR count). The van der Waals surface area contributed by atoms with Crippen molar-refractivity contribution in [2.45, 2.75) is 59.7 Å². The fourth-order valence-electron chi connectivity index (χ4n) is 1.43. The van der Waals surface area contributed by atoms with E-state index in [9.17, 15) is 0 Å². The van der Waals surface area contributed by atoms with Crippen molar-refractivity contribution >= 4 is 31.8 Å². The van der Waals surface area contributed by atoms with Gasteiger partial charge in [0.05, 0.1) is 0 Å². The van der Waals surface area contributed by atoms with Gasteiger partial charge in [0.2, 0.25) is 0 Å². The minimum Gasteiger partial charge on any atom is -0.328 e. The van der Waals surface area contributed by atoms with Gasteiger partial charge in [-0.05, 0) is 45.9 Å². The maximum Gasteiger partial charge on any atom is 0.180 e. The molecule has 6 heteroatoms. The summed E-state index contributed by atoms with van der Waals surface area (Å²) >= 11 is 2.02. The van der Waals surface area contributed by atoms with Gasteiger partial charge < -0.3 is 4.23 Å². The van der Waals surface area contributed by atoms with Crippen LogP contribution in [0.25, 0.3) is 0 Å². The zero-order valence-corrected chi connectivity index (χ0v) is 14.5. The van der Waals surface area contributed by atoms with Crippen molar-refractivity contribution in [2.75, 3.05) is 0 Å². The largest absolute Gasteiger partial charge is 0.328 e. The van der Waals surface area contributed by atoms with Gasteiger partial charge in [0.25, 0.3) is 0 Å². The van der Waals surface area contributed by atoms with Crippen LogP contribution < -0.4 is 0 Å². The third kappa shape index (κ3) is 3.87. The van der Waals surface area contributed by atoms with Crippen LogP contribution in [0.5, 0.6) is 0 Å². The Hall–Kier alpha value is 0.664. The van der Waals surface area contributed by atoms with Crippen LogP contribution in [0, 0.1) is 0 Å². The molecular weight excluding hydrogens is 238 g/mol. The van der Waals surface area contributed by atoms with Crippen LogP contribution in [0.1, 0.15) is 41.5 Å². The SMILES string of the molecule is CC(C)N1[SiH2]N(C(C)C)SN(C(C)C)[SiH2]1. The van der Waals surface area contributed by atoms with Crippen LogP contribution in [-0.4, -0.2) is 50.0 Å². The summed E-state index contributed by atoms with van der Waals surface area (Å²) in [6.07, 6.45) is 0. The molecule has 1 aliphatic heterocycles. The van der Waals surface area contributed by atoms with Gasteiger partial charge in [0.1, 0.15) is 0 Å². The van der Waals surface area contributed by atoms with Crippen molar-refractivity contribution in [3.05, 3.63) is 0 Å². The average Bonchev–Trinajstić information content (AvgIpc) is 2.16. The standard InChI is InChI=1S/C9H25N3SSi2/c1-7(2)10-13-11(8(3)4)15-12(14-10)9(5)6/h7-9H,14-15H2,1-6H3. The van der Waals surface area contributed by atoms with E-state index in [0.29, 0.717) is 12.1 Å². The lowest BCUT2D eigenvalue weighted by Crippen LogP contribution is -2.57. The molecule has 0 aromatic carbocycles. The summed E-state index contributed by atoms with van der Waals surface area (Å²) in [6, 6.07) is 2.10. The van der Waals surface area contributed by atoms with Crippen molar-refractivity contribution in [1.29, 1.82) is 0 Å². The summed E-state index contributed by atoms with van der Waals surface area (Å²) in [6.45, 7) is 13.9. The molecule has 0 spiro atoms. The Balaban J connectivity index is 2.64. The number of hydrogen-bond donors (Lipinski definition) is 0. The molecule has 1 fully saturated rings. The van der Waals surface area contributed by atoms with Gasteiger partial charge in [-0.25, -0.2) is 7.94 Å². The molecule has 1 saturated heterocycles. The van der Waals surface area contributed by atoms with Gasteiger partial charge in [-0.15, -0.1) is 0 Å². The molecule has 0 radical (unpaired) electrons. The van der Waals surface area contributed by atoms with E-state index in [1.165, 1.54) is 0 Å². The lowest BCUT2D eigenvalue weighted by molar-refractivity contribution is 0.416. The number of rotatable bonds is 3. The first-order valence-corrected chi connectivity index (χ1v) is 9.13. The Morgan fingerprint density at radius 3 is 1.40 bits per heavy atom.